The van der Waals surface area contributed by atoms with Crippen LogP contribution in [0.5, 0.6) is 0 Å². The SMILES string of the molecule is Cc1cccc(-c2[c-]cccc2)n1.[Ir].[c-]1ccc(-c2ccc(-c3cccc(-c4ccc5c(c4)c4ccccc4n5-c4ccccc4)c3)cc2)cc1-c1ccccn1. The molecular weight excluding hydrogens is 871 g/mol. The molecule has 0 atom stereocenters. The smallest absolute Gasteiger partial charge is 0.0541 e. The van der Waals surface area contributed by atoms with Gasteiger partial charge in [-0.25, -0.2) is 0 Å². The number of pyridine rings is 2. The molecule has 0 saturated carbocycles. The molecule has 0 bridgehead atoms. The van der Waals surface area contributed by atoms with E-state index in [1.54, 1.807) is 0 Å². The Morgan fingerprint density at radius 3 is 1.81 bits per heavy atom. The number of aryl methyl sites for hydroxylation is 1. The monoisotopic (exact) mass is 908 g/mol. The van der Waals surface area contributed by atoms with Gasteiger partial charge in [-0.2, -0.15) is 0 Å². The summed E-state index contributed by atoms with van der Waals surface area (Å²) < 4.78 is 2.36. The van der Waals surface area contributed by atoms with Crippen LogP contribution in [0.3, 0.4) is 0 Å². The van der Waals surface area contributed by atoms with Crippen molar-refractivity contribution in [1.29, 1.82) is 0 Å². The summed E-state index contributed by atoms with van der Waals surface area (Å²) in [5.41, 5.74) is 15.8. The normalized spacial score (nSPS) is 10.8. The number of para-hydroxylation sites is 2. The summed E-state index contributed by atoms with van der Waals surface area (Å²) in [6.45, 7) is 1.99. The Labute approximate surface area is 347 Å². The number of hydrogen-bond acceptors (Lipinski definition) is 2. The van der Waals surface area contributed by atoms with Gasteiger partial charge in [0.15, 0.2) is 0 Å². The Kier molecular flexibility index (Phi) is 11.1. The molecule has 0 aliphatic rings. The molecule has 3 aromatic heterocycles. The van der Waals surface area contributed by atoms with E-state index in [4.69, 9.17) is 0 Å². The first kappa shape index (κ1) is 37.2. The molecule has 10 rings (SSSR count). The number of nitrogens with zero attached hydrogens (tertiary/aromatic N) is 3. The number of fused-ring (bicyclic) bond motifs is 3. The maximum absolute atomic E-state index is 4.48. The fourth-order valence-corrected chi connectivity index (χ4v) is 7.30. The molecule has 10 aromatic rings. The fraction of sp³-hybridized carbons (Fsp3) is 0.0189. The van der Waals surface area contributed by atoms with Crippen LogP contribution in [0.2, 0.25) is 0 Å². The second kappa shape index (κ2) is 17.0. The van der Waals surface area contributed by atoms with Gasteiger partial charge in [-0.15, -0.1) is 71.3 Å². The van der Waals surface area contributed by atoms with E-state index in [0.717, 1.165) is 33.8 Å². The average molecular weight is 908 g/mol. The van der Waals surface area contributed by atoms with Gasteiger partial charge in [-0.1, -0.05) is 109 Å². The molecule has 4 heteroatoms. The molecule has 1 radical (unpaired) electrons. The van der Waals surface area contributed by atoms with E-state index in [0.29, 0.717) is 0 Å². The number of benzene rings is 7. The van der Waals surface area contributed by atoms with Crippen molar-refractivity contribution in [2.24, 2.45) is 0 Å². The summed E-state index contributed by atoms with van der Waals surface area (Å²) in [6.07, 6.45) is 1.82. The zero-order valence-corrected chi connectivity index (χ0v) is 33.7. The average Bonchev–Trinajstić information content (AvgIpc) is 3.61. The Bertz CT molecular complexity index is 2900. The minimum absolute atomic E-state index is 0. The van der Waals surface area contributed by atoms with Crippen molar-refractivity contribution in [1.82, 2.24) is 14.5 Å². The van der Waals surface area contributed by atoms with Crippen molar-refractivity contribution >= 4 is 21.8 Å². The summed E-state index contributed by atoms with van der Waals surface area (Å²) in [5, 5.41) is 2.52. The van der Waals surface area contributed by atoms with Crippen LogP contribution in [-0.2, 0) is 20.1 Å². The van der Waals surface area contributed by atoms with Crippen LogP contribution < -0.4 is 0 Å². The van der Waals surface area contributed by atoms with Crippen LogP contribution in [0.15, 0.2) is 206 Å². The van der Waals surface area contributed by atoms with E-state index in [1.807, 2.05) is 79.9 Å². The first-order valence-corrected chi connectivity index (χ1v) is 18.8. The fourth-order valence-electron chi connectivity index (χ4n) is 7.30. The van der Waals surface area contributed by atoms with Crippen LogP contribution in [0, 0.1) is 19.1 Å². The van der Waals surface area contributed by atoms with Crippen LogP contribution in [0.4, 0.5) is 0 Å². The van der Waals surface area contributed by atoms with Gasteiger partial charge < -0.3 is 14.5 Å². The van der Waals surface area contributed by atoms with Crippen LogP contribution in [0.25, 0.3) is 83.4 Å². The topological polar surface area (TPSA) is 30.7 Å². The zero-order valence-electron chi connectivity index (χ0n) is 31.3. The van der Waals surface area contributed by atoms with Gasteiger partial charge in [-0.05, 0) is 94.7 Å². The van der Waals surface area contributed by atoms with Crippen molar-refractivity contribution in [2.75, 3.05) is 0 Å². The first-order chi connectivity index (χ1) is 27.7. The second-order valence-electron chi connectivity index (χ2n) is 13.7. The van der Waals surface area contributed by atoms with Crippen LogP contribution >= 0.6 is 0 Å². The predicted molar refractivity (Wildman–Crippen MR) is 232 cm³/mol. The van der Waals surface area contributed by atoms with E-state index < -0.39 is 0 Å². The van der Waals surface area contributed by atoms with Crippen LogP contribution in [0.1, 0.15) is 5.69 Å². The van der Waals surface area contributed by atoms with E-state index in [1.165, 1.54) is 55.3 Å². The summed E-state index contributed by atoms with van der Waals surface area (Å²) in [5.74, 6) is 0. The molecule has 57 heavy (non-hydrogen) atoms. The molecule has 7 aromatic carbocycles. The van der Waals surface area contributed by atoms with Gasteiger partial charge >= 0.3 is 0 Å². The molecule has 0 saturated heterocycles. The Balaban J connectivity index is 0.000000277. The number of aromatic nitrogens is 3. The molecule has 0 fully saturated rings. The molecule has 3 nitrogen and oxygen atoms in total. The Morgan fingerprint density at radius 1 is 0.421 bits per heavy atom. The van der Waals surface area contributed by atoms with Crippen LogP contribution in [-0.4, -0.2) is 14.5 Å². The Hall–Kier alpha value is -6.71. The van der Waals surface area contributed by atoms with E-state index in [9.17, 15) is 0 Å². The van der Waals surface area contributed by atoms with E-state index >= 15 is 0 Å². The van der Waals surface area contributed by atoms with E-state index in [2.05, 4.69) is 160 Å². The third-order valence-electron chi connectivity index (χ3n) is 10.1. The maximum atomic E-state index is 4.48. The molecule has 0 N–H and O–H groups in total. The number of hydrogen-bond donors (Lipinski definition) is 0. The van der Waals surface area contributed by atoms with Gasteiger partial charge in [0.05, 0.1) is 11.0 Å². The largest absolute Gasteiger partial charge is 0.309 e. The van der Waals surface area contributed by atoms with E-state index in [-0.39, 0.29) is 20.1 Å². The minimum Gasteiger partial charge on any atom is -0.309 e. The van der Waals surface area contributed by atoms with Gasteiger partial charge in [0.25, 0.3) is 0 Å². The maximum Gasteiger partial charge on any atom is 0.0541 e. The molecule has 0 unspecified atom stereocenters. The van der Waals surface area contributed by atoms with Gasteiger partial charge in [0.1, 0.15) is 0 Å². The first-order valence-electron chi connectivity index (χ1n) is 18.8. The molecular formula is C53H37IrN3-2. The van der Waals surface area contributed by atoms with Gasteiger partial charge in [0, 0.05) is 48.5 Å². The Morgan fingerprint density at radius 2 is 1.05 bits per heavy atom. The quantitative estimate of drug-likeness (QED) is 0.156. The minimum atomic E-state index is 0. The van der Waals surface area contributed by atoms with Gasteiger partial charge in [0.2, 0.25) is 0 Å². The molecule has 3 heterocycles. The molecule has 275 valence electrons. The molecule has 0 spiro atoms. The van der Waals surface area contributed by atoms with Crippen molar-refractivity contribution in [2.45, 2.75) is 6.92 Å². The molecule has 0 aliphatic carbocycles. The summed E-state index contributed by atoms with van der Waals surface area (Å²) >= 11 is 0. The number of rotatable bonds is 6. The van der Waals surface area contributed by atoms with Crippen molar-refractivity contribution in [3.05, 3.63) is 224 Å². The summed E-state index contributed by atoms with van der Waals surface area (Å²) in [4.78, 5) is 8.90. The zero-order chi connectivity index (χ0) is 37.7. The standard InChI is InChI=1S/C41H27N2.C12H10N.Ir/c1-2-14-36(15-3-1)43-40-18-5-4-16-37(40)38-28-34(23-24-41(38)43)33-12-8-10-31(26-33)29-19-21-30(22-20-29)32-11-9-13-35(27-32)39-17-6-7-25-42-39;1-10-6-5-9-12(13-10)11-7-3-2-4-8-11;/h1-12,14-28H;2-7,9H,1H3;/q2*-1;. The third-order valence-corrected chi connectivity index (χ3v) is 10.1. The second-order valence-corrected chi connectivity index (χ2v) is 13.7. The van der Waals surface area contributed by atoms with Crippen molar-refractivity contribution < 1.29 is 20.1 Å². The van der Waals surface area contributed by atoms with Crippen molar-refractivity contribution in [3.63, 3.8) is 0 Å². The van der Waals surface area contributed by atoms with Crippen molar-refractivity contribution in [3.8, 4) is 61.6 Å². The third kappa shape index (κ3) is 8.01. The molecule has 0 amide bonds. The predicted octanol–water partition coefficient (Wildman–Crippen LogP) is 13.5. The van der Waals surface area contributed by atoms with Gasteiger partial charge in [-0.3, -0.25) is 0 Å². The summed E-state index contributed by atoms with van der Waals surface area (Å²) in [7, 11) is 0. The molecule has 0 aliphatic heterocycles. The summed E-state index contributed by atoms with van der Waals surface area (Å²) in [6, 6.07) is 76.3.